The molecule has 0 radical (unpaired) electrons. The summed E-state index contributed by atoms with van der Waals surface area (Å²) >= 11 is 0. The highest BCUT2D eigenvalue weighted by Gasteiger charge is 2.29. The second kappa shape index (κ2) is 8.84. The van der Waals surface area contributed by atoms with Crippen molar-refractivity contribution in [1.29, 1.82) is 0 Å². The monoisotopic (exact) mass is 338 g/mol. The Balaban J connectivity index is 1.64. The highest BCUT2D eigenvalue weighted by atomic mass is 16.6. The van der Waals surface area contributed by atoms with Crippen molar-refractivity contribution < 1.29 is 14.3 Å². The smallest absolute Gasteiger partial charge is 0.410 e. The van der Waals surface area contributed by atoms with E-state index in [4.69, 9.17) is 4.74 Å². The molecule has 24 heavy (non-hydrogen) atoms. The van der Waals surface area contributed by atoms with Gasteiger partial charge in [0.15, 0.2) is 0 Å². The van der Waals surface area contributed by atoms with Gasteiger partial charge < -0.3 is 14.5 Å². The third-order valence-corrected chi connectivity index (χ3v) is 4.95. The Hall–Kier alpha value is -1.10. The molecule has 1 amide bonds. The maximum Gasteiger partial charge on any atom is 0.410 e. The molecule has 2 aliphatic rings. The Labute approximate surface area is 146 Å². The molecule has 0 aromatic heterocycles. The minimum atomic E-state index is -0.460. The van der Waals surface area contributed by atoms with E-state index in [1.54, 1.807) is 4.90 Å². The number of carbonyl (C=O) groups is 2. The molecule has 0 aliphatic carbocycles. The lowest BCUT2D eigenvalue weighted by Crippen LogP contribution is -2.43. The SMILES string of the molecule is CC(C)(C)OC(=O)N1CCC(C(=O)CCCN2CCCCC2)CC1. The van der Waals surface area contributed by atoms with Gasteiger partial charge in [-0.05, 0) is 72.5 Å². The molecule has 0 aromatic carbocycles. The van der Waals surface area contributed by atoms with Crippen molar-refractivity contribution in [2.45, 2.75) is 71.3 Å². The molecule has 0 spiro atoms. The molecule has 0 unspecified atom stereocenters. The molecule has 2 aliphatic heterocycles. The first-order chi connectivity index (χ1) is 11.3. The van der Waals surface area contributed by atoms with Crippen molar-refractivity contribution in [3.8, 4) is 0 Å². The third-order valence-electron chi connectivity index (χ3n) is 4.95. The van der Waals surface area contributed by atoms with E-state index >= 15 is 0 Å². The Morgan fingerprint density at radius 2 is 1.62 bits per heavy atom. The zero-order valence-electron chi connectivity index (χ0n) is 15.7. The predicted octanol–water partition coefficient (Wildman–Crippen LogP) is 3.47. The summed E-state index contributed by atoms with van der Waals surface area (Å²) in [6.07, 6.45) is 6.93. The molecular weight excluding hydrogens is 304 g/mol. The predicted molar refractivity (Wildman–Crippen MR) is 95.1 cm³/mol. The van der Waals surface area contributed by atoms with Crippen molar-refractivity contribution in [2.75, 3.05) is 32.7 Å². The summed E-state index contributed by atoms with van der Waals surface area (Å²) in [7, 11) is 0. The van der Waals surface area contributed by atoms with E-state index in [0.29, 0.717) is 25.3 Å². The third kappa shape index (κ3) is 6.42. The van der Waals surface area contributed by atoms with E-state index in [2.05, 4.69) is 4.90 Å². The van der Waals surface area contributed by atoms with Crippen LogP contribution < -0.4 is 0 Å². The fraction of sp³-hybridized carbons (Fsp3) is 0.895. The quantitative estimate of drug-likeness (QED) is 0.770. The van der Waals surface area contributed by atoms with Crippen LogP contribution in [0.2, 0.25) is 0 Å². The Morgan fingerprint density at radius 1 is 1.00 bits per heavy atom. The van der Waals surface area contributed by atoms with Crippen LogP contribution in [0, 0.1) is 5.92 Å². The van der Waals surface area contributed by atoms with Crippen LogP contribution >= 0.6 is 0 Å². The number of ether oxygens (including phenoxy) is 1. The van der Waals surface area contributed by atoms with Gasteiger partial charge in [0.1, 0.15) is 11.4 Å². The molecule has 0 aromatic rings. The van der Waals surface area contributed by atoms with Crippen molar-refractivity contribution in [3.05, 3.63) is 0 Å². The first-order valence-electron chi connectivity index (χ1n) is 9.58. The van der Waals surface area contributed by atoms with Gasteiger partial charge in [0.2, 0.25) is 0 Å². The molecule has 5 nitrogen and oxygen atoms in total. The van der Waals surface area contributed by atoms with E-state index in [1.807, 2.05) is 20.8 Å². The standard InChI is InChI=1S/C19H34N2O3/c1-19(2,3)24-18(23)21-14-9-16(10-15-21)17(22)8-7-13-20-11-5-4-6-12-20/h16H,4-15H2,1-3H3. The highest BCUT2D eigenvalue weighted by molar-refractivity contribution is 5.81. The van der Waals surface area contributed by atoms with Gasteiger partial charge in [-0.15, -0.1) is 0 Å². The maximum atomic E-state index is 12.4. The maximum absolute atomic E-state index is 12.4. The Morgan fingerprint density at radius 3 is 2.21 bits per heavy atom. The van der Waals surface area contributed by atoms with Gasteiger partial charge >= 0.3 is 6.09 Å². The first kappa shape index (κ1) is 19.2. The number of amides is 1. The zero-order valence-corrected chi connectivity index (χ0v) is 15.7. The normalized spacial score (nSPS) is 20.9. The lowest BCUT2D eigenvalue weighted by molar-refractivity contribution is -0.124. The molecule has 2 rings (SSSR count). The van der Waals surface area contributed by atoms with Gasteiger partial charge in [0.25, 0.3) is 0 Å². The first-order valence-corrected chi connectivity index (χ1v) is 9.58. The van der Waals surface area contributed by atoms with Gasteiger partial charge in [-0.1, -0.05) is 6.42 Å². The minimum Gasteiger partial charge on any atom is -0.444 e. The molecule has 2 heterocycles. The summed E-state index contributed by atoms with van der Waals surface area (Å²) in [5.74, 6) is 0.515. The Bertz CT molecular complexity index is 417. The minimum absolute atomic E-state index is 0.130. The number of piperidine rings is 2. The summed E-state index contributed by atoms with van der Waals surface area (Å²) in [5.41, 5.74) is -0.460. The largest absolute Gasteiger partial charge is 0.444 e. The van der Waals surface area contributed by atoms with Crippen molar-refractivity contribution in [2.24, 2.45) is 5.92 Å². The van der Waals surface area contributed by atoms with Crippen LogP contribution in [-0.4, -0.2) is 60.0 Å². The van der Waals surface area contributed by atoms with E-state index < -0.39 is 5.60 Å². The van der Waals surface area contributed by atoms with E-state index in [-0.39, 0.29) is 12.0 Å². The number of likely N-dealkylation sites (tertiary alicyclic amines) is 2. The van der Waals surface area contributed by atoms with Crippen molar-refractivity contribution in [1.82, 2.24) is 9.80 Å². The van der Waals surface area contributed by atoms with Gasteiger partial charge in [-0.2, -0.15) is 0 Å². The molecule has 2 fully saturated rings. The lowest BCUT2D eigenvalue weighted by atomic mass is 9.90. The molecule has 0 atom stereocenters. The highest BCUT2D eigenvalue weighted by Crippen LogP contribution is 2.22. The van der Waals surface area contributed by atoms with Gasteiger partial charge in [0.05, 0.1) is 0 Å². The molecular formula is C19H34N2O3. The zero-order chi connectivity index (χ0) is 17.6. The number of nitrogens with zero attached hydrogens (tertiary/aromatic N) is 2. The summed E-state index contributed by atoms with van der Waals surface area (Å²) in [6, 6.07) is 0. The van der Waals surface area contributed by atoms with Crippen LogP contribution in [0.15, 0.2) is 0 Å². The summed E-state index contributed by atoms with van der Waals surface area (Å²) in [6.45, 7) is 10.4. The van der Waals surface area contributed by atoms with Gasteiger partial charge in [-0.3, -0.25) is 4.79 Å². The van der Waals surface area contributed by atoms with Crippen molar-refractivity contribution in [3.63, 3.8) is 0 Å². The van der Waals surface area contributed by atoms with E-state index in [9.17, 15) is 9.59 Å². The number of rotatable bonds is 5. The summed E-state index contributed by atoms with van der Waals surface area (Å²) < 4.78 is 5.40. The van der Waals surface area contributed by atoms with Crippen LogP contribution in [0.1, 0.15) is 65.7 Å². The average molecular weight is 338 g/mol. The number of ketones is 1. The van der Waals surface area contributed by atoms with Crippen LogP contribution in [-0.2, 0) is 9.53 Å². The average Bonchev–Trinajstić information content (AvgIpc) is 2.54. The molecule has 0 bridgehead atoms. The van der Waals surface area contributed by atoms with Crippen LogP contribution in [0.5, 0.6) is 0 Å². The van der Waals surface area contributed by atoms with E-state index in [0.717, 1.165) is 25.8 Å². The Kier molecular flexibility index (Phi) is 7.08. The van der Waals surface area contributed by atoms with Crippen molar-refractivity contribution >= 4 is 11.9 Å². The van der Waals surface area contributed by atoms with Crippen LogP contribution in [0.3, 0.4) is 0 Å². The number of hydrogen-bond donors (Lipinski definition) is 0. The number of carbonyl (C=O) groups excluding carboxylic acids is 2. The molecule has 0 N–H and O–H groups in total. The summed E-state index contributed by atoms with van der Waals surface area (Å²) in [5, 5.41) is 0. The topological polar surface area (TPSA) is 49.9 Å². The van der Waals surface area contributed by atoms with Gasteiger partial charge in [-0.25, -0.2) is 4.79 Å². The fourth-order valence-electron chi connectivity index (χ4n) is 3.57. The summed E-state index contributed by atoms with van der Waals surface area (Å²) in [4.78, 5) is 28.7. The van der Waals surface area contributed by atoms with Crippen LogP contribution in [0.4, 0.5) is 4.79 Å². The number of Topliss-reactive ketones (excluding diaryl/α,β-unsaturated/α-hetero) is 1. The molecule has 138 valence electrons. The second-order valence-corrected chi connectivity index (χ2v) is 8.21. The van der Waals surface area contributed by atoms with Gasteiger partial charge in [0, 0.05) is 25.4 Å². The number of hydrogen-bond acceptors (Lipinski definition) is 4. The second-order valence-electron chi connectivity index (χ2n) is 8.21. The molecule has 0 saturated carbocycles. The molecule has 5 heteroatoms. The van der Waals surface area contributed by atoms with Crippen LogP contribution in [0.25, 0.3) is 0 Å². The van der Waals surface area contributed by atoms with E-state index in [1.165, 1.54) is 32.4 Å². The molecule has 2 saturated heterocycles. The lowest BCUT2D eigenvalue weighted by Gasteiger charge is -2.33. The fourth-order valence-corrected chi connectivity index (χ4v) is 3.57.